The number of ether oxygens (including phenoxy) is 2. The van der Waals surface area contributed by atoms with Gasteiger partial charge in [0.25, 0.3) is 0 Å². The molecular formula is C41H73O10P. The number of phosphoric ester groups is 1. The number of esters is 2. The van der Waals surface area contributed by atoms with Crippen LogP contribution in [-0.2, 0) is 32.7 Å². The summed E-state index contributed by atoms with van der Waals surface area (Å²) in [7, 11) is -4.64. The highest BCUT2D eigenvalue weighted by atomic mass is 31.2. The van der Waals surface area contributed by atoms with Crippen LogP contribution >= 0.6 is 7.82 Å². The van der Waals surface area contributed by atoms with Crippen LogP contribution in [0.3, 0.4) is 0 Å². The smallest absolute Gasteiger partial charge is 0.458 e. The first-order valence-corrected chi connectivity index (χ1v) is 21.6. The Morgan fingerprint density at radius 3 is 1.75 bits per heavy atom. The van der Waals surface area contributed by atoms with E-state index in [0.717, 1.165) is 57.8 Å². The van der Waals surface area contributed by atoms with Gasteiger partial charge in [-0.25, -0.2) is 9.36 Å². The summed E-state index contributed by atoms with van der Waals surface area (Å²) in [6.07, 6.45) is 38.5. The van der Waals surface area contributed by atoms with E-state index in [1.807, 2.05) is 6.08 Å². The normalized spacial score (nSPS) is 14.5. The summed E-state index contributed by atoms with van der Waals surface area (Å²) >= 11 is 0. The zero-order valence-electron chi connectivity index (χ0n) is 32.5. The minimum atomic E-state index is -4.64. The Balaban J connectivity index is 4.47. The van der Waals surface area contributed by atoms with Crippen LogP contribution in [0.5, 0.6) is 0 Å². The summed E-state index contributed by atoms with van der Waals surface area (Å²) in [5, 5.41) is 18.3. The lowest BCUT2D eigenvalue weighted by Crippen LogP contribution is -2.29. The first-order valence-electron chi connectivity index (χ1n) is 20.1. The molecule has 0 saturated carbocycles. The minimum Gasteiger partial charge on any atom is -0.458 e. The van der Waals surface area contributed by atoms with Gasteiger partial charge in [0.1, 0.15) is 12.7 Å². The van der Waals surface area contributed by atoms with Crippen molar-refractivity contribution < 1.29 is 47.8 Å². The van der Waals surface area contributed by atoms with Gasteiger partial charge in [-0.05, 0) is 44.9 Å². The Morgan fingerprint density at radius 1 is 0.635 bits per heavy atom. The third-order valence-corrected chi connectivity index (χ3v) is 9.26. The van der Waals surface area contributed by atoms with E-state index in [0.29, 0.717) is 6.42 Å². The molecule has 0 aliphatic rings. The van der Waals surface area contributed by atoms with Crippen LogP contribution in [0.4, 0.5) is 0 Å². The SMILES string of the molecule is CCCC/C=C/C/C=C/CCCCCCCC(=O)O[C@H](COC(=O)/C=C/C=C/CCCCCCCCCCCCC)COP(=O)(O)OC[C@@H](O)CO. The molecular weight excluding hydrogens is 683 g/mol. The van der Waals surface area contributed by atoms with Crippen molar-refractivity contribution in [1.82, 2.24) is 0 Å². The molecule has 1 unspecified atom stereocenters. The number of aliphatic hydroxyl groups is 2. The van der Waals surface area contributed by atoms with Crippen LogP contribution in [-0.4, -0.2) is 65.7 Å². The van der Waals surface area contributed by atoms with Gasteiger partial charge >= 0.3 is 19.8 Å². The molecule has 0 radical (unpaired) electrons. The summed E-state index contributed by atoms with van der Waals surface area (Å²) in [6, 6.07) is 0. The number of phosphoric acid groups is 1. The molecule has 0 fully saturated rings. The third-order valence-electron chi connectivity index (χ3n) is 8.31. The van der Waals surface area contributed by atoms with Crippen molar-refractivity contribution >= 4 is 19.8 Å². The molecule has 0 bridgehead atoms. The highest BCUT2D eigenvalue weighted by Gasteiger charge is 2.27. The zero-order chi connectivity index (χ0) is 38.4. The van der Waals surface area contributed by atoms with Gasteiger partial charge in [-0.3, -0.25) is 13.8 Å². The second kappa shape index (κ2) is 37.3. The van der Waals surface area contributed by atoms with Gasteiger partial charge in [0.2, 0.25) is 0 Å². The maximum absolute atomic E-state index is 12.5. The number of unbranched alkanes of at least 4 members (excludes halogenated alkanes) is 18. The van der Waals surface area contributed by atoms with Crippen LogP contribution in [0.15, 0.2) is 48.6 Å². The van der Waals surface area contributed by atoms with Gasteiger partial charge < -0.3 is 24.6 Å². The quantitative estimate of drug-likeness (QED) is 0.0140. The van der Waals surface area contributed by atoms with Gasteiger partial charge in [-0.2, -0.15) is 0 Å². The van der Waals surface area contributed by atoms with E-state index < -0.39 is 58.4 Å². The first kappa shape index (κ1) is 49.9. The summed E-state index contributed by atoms with van der Waals surface area (Å²) in [4.78, 5) is 34.7. The number of hydrogen-bond acceptors (Lipinski definition) is 9. The monoisotopic (exact) mass is 756 g/mol. The molecule has 0 spiro atoms. The molecule has 0 heterocycles. The number of aliphatic hydroxyl groups excluding tert-OH is 2. The van der Waals surface area contributed by atoms with E-state index in [9.17, 15) is 24.2 Å². The number of carbonyl (C=O) groups is 2. The van der Waals surface area contributed by atoms with E-state index in [-0.39, 0.29) is 6.42 Å². The lowest BCUT2D eigenvalue weighted by molar-refractivity contribution is -0.159. The third kappa shape index (κ3) is 36.3. The molecule has 0 aliphatic carbocycles. The number of rotatable bonds is 37. The van der Waals surface area contributed by atoms with E-state index in [2.05, 4.69) is 42.7 Å². The van der Waals surface area contributed by atoms with Gasteiger partial charge in [-0.1, -0.05) is 153 Å². The first-order chi connectivity index (χ1) is 25.2. The molecule has 0 aromatic rings. The number of allylic oxidation sites excluding steroid dienone is 7. The molecule has 0 amide bonds. The van der Waals surface area contributed by atoms with Crippen molar-refractivity contribution in [3.63, 3.8) is 0 Å². The van der Waals surface area contributed by atoms with Crippen molar-refractivity contribution in [3.05, 3.63) is 48.6 Å². The van der Waals surface area contributed by atoms with Gasteiger partial charge in [0, 0.05) is 12.5 Å². The Morgan fingerprint density at radius 2 is 1.15 bits per heavy atom. The fourth-order valence-corrected chi connectivity index (χ4v) is 5.95. The van der Waals surface area contributed by atoms with Crippen molar-refractivity contribution in [2.24, 2.45) is 0 Å². The topological polar surface area (TPSA) is 149 Å². The Labute approximate surface area is 315 Å². The largest absolute Gasteiger partial charge is 0.472 e. The molecule has 0 saturated heterocycles. The Bertz CT molecular complexity index is 1010. The van der Waals surface area contributed by atoms with Gasteiger partial charge in [0.05, 0.1) is 19.8 Å². The highest BCUT2D eigenvalue weighted by Crippen LogP contribution is 2.43. The lowest BCUT2D eigenvalue weighted by Gasteiger charge is -2.20. The van der Waals surface area contributed by atoms with Crippen molar-refractivity contribution in [1.29, 1.82) is 0 Å². The Hall–Kier alpha value is -2.07. The average Bonchev–Trinajstić information content (AvgIpc) is 3.13. The highest BCUT2D eigenvalue weighted by molar-refractivity contribution is 7.47. The van der Waals surface area contributed by atoms with Crippen LogP contribution in [0.25, 0.3) is 0 Å². The maximum atomic E-state index is 12.5. The van der Waals surface area contributed by atoms with Crippen molar-refractivity contribution in [2.75, 3.05) is 26.4 Å². The van der Waals surface area contributed by atoms with Crippen molar-refractivity contribution in [2.45, 2.75) is 174 Å². The van der Waals surface area contributed by atoms with Crippen LogP contribution in [0.1, 0.15) is 162 Å². The lowest BCUT2D eigenvalue weighted by atomic mass is 10.1. The summed E-state index contributed by atoms with van der Waals surface area (Å²) in [6.45, 7) is 2.18. The maximum Gasteiger partial charge on any atom is 0.472 e. The van der Waals surface area contributed by atoms with E-state index >= 15 is 0 Å². The molecule has 10 nitrogen and oxygen atoms in total. The number of hydrogen-bond donors (Lipinski definition) is 3. The van der Waals surface area contributed by atoms with Crippen LogP contribution in [0.2, 0.25) is 0 Å². The molecule has 3 atom stereocenters. The zero-order valence-corrected chi connectivity index (χ0v) is 33.4. The molecule has 0 rings (SSSR count). The molecule has 302 valence electrons. The predicted molar refractivity (Wildman–Crippen MR) is 210 cm³/mol. The van der Waals surface area contributed by atoms with E-state index in [4.69, 9.17) is 19.1 Å². The molecule has 11 heteroatoms. The van der Waals surface area contributed by atoms with Crippen LogP contribution < -0.4 is 0 Å². The Kier molecular flexibility index (Phi) is 35.8. The fourth-order valence-electron chi connectivity index (χ4n) is 5.16. The minimum absolute atomic E-state index is 0.147. The van der Waals surface area contributed by atoms with Gasteiger partial charge in [0.15, 0.2) is 6.10 Å². The standard InChI is InChI=1S/C41H73O10P/c1-3-5-7-9-11-13-15-17-19-21-22-24-26-28-30-32-40(44)48-36-39(37-50-52(46,47)49-35-38(43)34-42)51-41(45)33-31-29-27-25-23-20-18-16-14-12-10-8-6-4-2/h10,12,16,18,26,28,30,32,38-39,42-43H,3-9,11,13-15,17,19-25,27,29,31,33-37H2,1-2H3,(H,46,47)/b12-10+,18-16+,28-26+,32-30+/t38-,39+/m0/s1. The molecule has 0 aromatic carbocycles. The van der Waals surface area contributed by atoms with E-state index in [1.54, 1.807) is 12.2 Å². The average molecular weight is 757 g/mol. The summed E-state index contributed by atoms with van der Waals surface area (Å²) in [5.74, 6) is -1.20. The second-order valence-electron chi connectivity index (χ2n) is 13.4. The molecule has 0 aliphatic heterocycles. The van der Waals surface area contributed by atoms with E-state index in [1.165, 1.54) is 83.1 Å². The van der Waals surface area contributed by atoms with Crippen LogP contribution in [0, 0.1) is 0 Å². The summed E-state index contributed by atoms with van der Waals surface area (Å²) < 4.78 is 32.4. The predicted octanol–water partition coefficient (Wildman–Crippen LogP) is 10.2. The fraction of sp³-hybridized carbons (Fsp3) is 0.756. The molecule has 52 heavy (non-hydrogen) atoms. The number of carbonyl (C=O) groups excluding carboxylic acids is 2. The second-order valence-corrected chi connectivity index (χ2v) is 14.8. The molecule has 3 N–H and O–H groups in total. The van der Waals surface area contributed by atoms with Crippen molar-refractivity contribution in [3.8, 4) is 0 Å². The summed E-state index contributed by atoms with van der Waals surface area (Å²) in [5.41, 5.74) is 0. The molecule has 0 aromatic heterocycles. The van der Waals surface area contributed by atoms with Gasteiger partial charge in [-0.15, -0.1) is 0 Å².